The number of rotatable bonds is 5. The van der Waals surface area contributed by atoms with Gasteiger partial charge in [-0.3, -0.25) is 4.98 Å². The first-order valence-corrected chi connectivity index (χ1v) is 6.55. The van der Waals surface area contributed by atoms with Crippen LogP contribution in [0.3, 0.4) is 0 Å². The van der Waals surface area contributed by atoms with E-state index in [9.17, 15) is 0 Å². The van der Waals surface area contributed by atoms with Crippen LogP contribution in [0.15, 0.2) is 22.9 Å². The molecule has 2 aromatic heterocycles. The molecule has 0 aliphatic heterocycles. The molecule has 0 radical (unpaired) electrons. The molecule has 2 aromatic rings. The van der Waals surface area contributed by atoms with Crippen LogP contribution in [-0.4, -0.2) is 31.7 Å². The number of tetrazole rings is 1. The molecule has 0 aliphatic carbocycles. The number of hydrogen-bond donors (Lipinski definition) is 1. The average Bonchev–Trinajstić information content (AvgIpc) is 2.74. The number of nitrogens with one attached hydrogen (secondary N) is 1. The van der Waals surface area contributed by atoms with Gasteiger partial charge in [0, 0.05) is 29.3 Å². The first-order valence-electron chi connectivity index (χ1n) is 5.75. The third-order valence-corrected chi connectivity index (χ3v) is 2.95. The van der Waals surface area contributed by atoms with Gasteiger partial charge in [0.25, 0.3) is 0 Å². The SMILES string of the molecule is CCNC(Cc1nnn(C)n1)c1cncc(Br)c1. The van der Waals surface area contributed by atoms with Crippen molar-refractivity contribution in [1.29, 1.82) is 0 Å². The largest absolute Gasteiger partial charge is 0.310 e. The van der Waals surface area contributed by atoms with E-state index in [1.54, 1.807) is 13.2 Å². The Morgan fingerprint density at radius 3 is 2.89 bits per heavy atom. The molecule has 0 aromatic carbocycles. The molecule has 18 heavy (non-hydrogen) atoms. The number of halogens is 1. The minimum Gasteiger partial charge on any atom is -0.310 e. The Morgan fingerprint density at radius 2 is 2.28 bits per heavy atom. The molecule has 1 N–H and O–H groups in total. The number of aromatic nitrogens is 5. The molecule has 0 bridgehead atoms. The van der Waals surface area contributed by atoms with Gasteiger partial charge in [-0.05, 0) is 39.3 Å². The summed E-state index contributed by atoms with van der Waals surface area (Å²) in [5.74, 6) is 0.725. The third kappa shape index (κ3) is 3.33. The maximum Gasteiger partial charge on any atom is 0.176 e. The third-order valence-electron chi connectivity index (χ3n) is 2.52. The fourth-order valence-corrected chi connectivity index (χ4v) is 2.14. The molecule has 1 unspecified atom stereocenters. The van der Waals surface area contributed by atoms with Crippen LogP contribution < -0.4 is 5.32 Å². The van der Waals surface area contributed by atoms with Crippen LogP contribution in [0.25, 0.3) is 0 Å². The van der Waals surface area contributed by atoms with Crippen molar-refractivity contribution in [3.05, 3.63) is 34.3 Å². The highest BCUT2D eigenvalue weighted by atomic mass is 79.9. The van der Waals surface area contributed by atoms with Crippen molar-refractivity contribution in [2.45, 2.75) is 19.4 Å². The average molecular weight is 311 g/mol. The van der Waals surface area contributed by atoms with E-state index in [-0.39, 0.29) is 6.04 Å². The van der Waals surface area contributed by atoms with E-state index in [2.05, 4.69) is 54.6 Å². The summed E-state index contributed by atoms with van der Waals surface area (Å²) < 4.78 is 0.968. The molecule has 6 nitrogen and oxygen atoms in total. The molecule has 0 saturated carbocycles. The highest BCUT2D eigenvalue weighted by molar-refractivity contribution is 9.10. The minimum atomic E-state index is 0.143. The second kappa shape index (κ2) is 6.01. The van der Waals surface area contributed by atoms with Gasteiger partial charge in [-0.25, -0.2) is 0 Å². The van der Waals surface area contributed by atoms with Gasteiger partial charge in [0.05, 0.1) is 7.05 Å². The zero-order valence-electron chi connectivity index (χ0n) is 10.3. The Morgan fingerprint density at radius 1 is 1.44 bits per heavy atom. The second-order valence-corrected chi connectivity index (χ2v) is 4.86. The first kappa shape index (κ1) is 13.1. The van der Waals surface area contributed by atoms with Crippen LogP contribution in [0.1, 0.15) is 24.4 Å². The van der Waals surface area contributed by atoms with Crippen molar-refractivity contribution >= 4 is 15.9 Å². The van der Waals surface area contributed by atoms with E-state index >= 15 is 0 Å². The van der Waals surface area contributed by atoms with Crippen LogP contribution in [-0.2, 0) is 13.5 Å². The summed E-state index contributed by atoms with van der Waals surface area (Å²) in [6, 6.07) is 2.20. The highest BCUT2D eigenvalue weighted by Gasteiger charge is 2.14. The van der Waals surface area contributed by atoms with Crippen molar-refractivity contribution in [3.63, 3.8) is 0 Å². The number of nitrogens with zero attached hydrogens (tertiary/aromatic N) is 5. The zero-order valence-corrected chi connectivity index (χ0v) is 11.9. The Balaban J connectivity index is 2.17. The Bertz CT molecular complexity index is 512. The van der Waals surface area contributed by atoms with Crippen molar-refractivity contribution in [1.82, 2.24) is 30.5 Å². The molecule has 0 amide bonds. The van der Waals surface area contributed by atoms with E-state index in [0.717, 1.165) is 22.4 Å². The van der Waals surface area contributed by atoms with Gasteiger partial charge in [-0.15, -0.1) is 10.2 Å². The number of pyridine rings is 1. The molecule has 0 saturated heterocycles. The van der Waals surface area contributed by atoms with Crippen LogP contribution in [0.4, 0.5) is 0 Å². The zero-order chi connectivity index (χ0) is 13.0. The predicted molar refractivity (Wildman–Crippen MR) is 70.9 cm³/mol. The summed E-state index contributed by atoms with van der Waals surface area (Å²) in [6.45, 7) is 2.94. The maximum absolute atomic E-state index is 4.20. The minimum absolute atomic E-state index is 0.143. The standard InChI is InChI=1S/C11H15BrN6/c1-3-14-10(5-11-15-17-18(2)16-11)8-4-9(12)7-13-6-8/h4,6-7,10,14H,3,5H2,1-2H3. The monoisotopic (exact) mass is 310 g/mol. The predicted octanol–water partition coefficient (Wildman–Crippen LogP) is 1.26. The van der Waals surface area contributed by atoms with Gasteiger partial charge >= 0.3 is 0 Å². The van der Waals surface area contributed by atoms with Crippen molar-refractivity contribution in [3.8, 4) is 0 Å². The van der Waals surface area contributed by atoms with Crippen LogP contribution >= 0.6 is 15.9 Å². The molecular formula is C11H15BrN6. The smallest absolute Gasteiger partial charge is 0.176 e. The Hall–Kier alpha value is -1.34. The molecule has 96 valence electrons. The molecule has 0 fully saturated rings. The first-order chi connectivity index (χ1) is 8.69. The lowest BCUT2D eigenvalue weighted by molar-refractivity contribution is 0.533. The Labute approximate surface area is 114 Å². The van der Waals surface area contributed by atoms with Crippen LogP contribution in [0.5, 0.6) is 0 Å². The van der Waals surface area contributed by atoms with Crippen molar-refractivity contribution < 1.29 is 0 Å². The molecule has 1 atom stereocenters. The lowest BCUT2D eigenvalue weighted by Crippen LogP contribution is -2.23. The van der Waals surface area contributed by atoms with E-state index < -0.39 is 0 Å². The van der Waals surface area contributed by atoms with Gasteiger partial charge in [0.1, 0.15) is 0 Å². The molecular weight excluding hydrogens is 296 g/mol. The molecule has 0 spiro atoms. The van der Waals surface area contributed by atoms with Gasteiger partial charge in [0.2, 0.25) is 0 Å². The van der Waals surface area contributed by atoms with E-state index in [1.807, 2.05) is 6.20 Å². The molecule has 7 heteroatoms. The maximum atomic E-state index is 4.20. The number of hydrogen-bond acceptors (Lipinski definition) is 5. The normalized spacial score (nSPS) is 12.6. The fraction of sp³-hybridized carbons (Fsp3) is 0.455. The van der Waals surface area contributed by atoms with Gasteiger partial charge in [-0.1, -0.05) is 6.92 Å². The summed E-state index contributed by atoms with van der Waals surface area (Å²) >= 11 is 3.43. The summed E-state index contributed by atoms with van der Waals surface area (Å²) in [4.78, 5) is 5.66. The lowest BCUT2D eigenvalue weighted by Gasteiger charge is -2.16. The number of likely N-dealkylation sites (N-methyl/N-ethyl adjacent to an activating group) is 1. The van der Waals surface area contributed by atoms with E-state index in [1.165, 1.54) is 4.80 Å². The molecule has 0 aliphatic rings. The van der Waals surface area contributed by atoms with Crippen molar-refractivity contribution in [2.24, 2.45) is 7.05 Å². The van der Waals surface area contributed by atoms with Crippen molar-refractivity contribution in [2.75, 3.05) is 6.54 Å². The summed E-state index contributed by atoms with van der Waals surface area (Å²) in [5, 5.41) is 15.5. The Kier molecular flexibility index (Phi) is 4.38. The lowest BCUT2D eigenvalue weighted by atomic mass is 10.1. The second-order valence-electron chi connectivity index (χ2n) is 3.95. The summed E-state index contributed by atoms with van der Waals surface area (Å²) in [6.07, 6.45) is 4.32. The van der Waals surface area contributed by atoms with Crippen LogP contribution in [0.2, 0.25) is 0 Å². The van der Waals surface area contributed by atoms with Gasteiger partial charge < -0.3 is 5.32 Å². The highest BCUT2D eigenvalue weighted by Crippen LogP contribution is 2.19. The molecule has 2 heterocycles. The molecule has 2 rings (SSSR count). The summed E-state index contributed by atoms with van der Waals surface area (Å²) in [5.41, 5.74) is 1.11. The van der Waals surface area contributed by atoms with Crippen LogP contribution in [0, 0.1) is 0 Å². The quantitative estimate of drug-likeness (QED) is 0.900. The fourth-order valence-electron chi connectivity index (χ4n) is 1.76. The van der Waals surface area contributed by atoms with Gasteiger partial charge in [-0.2, -0.15) is 4.80 Å². The van der Waals surface area contributed by atoms with E-state index in [4.69, 9.17) is 0 Å². The summed E-state index contributed by atoms with van der Waals surface area (Å²) in [7, 11) is 1.76. The topological polar surface area (TPSA) is 68.5 Å². The van der Waals surface area contributed by atoms with E-state index in [0.29, 0.717) is 6.42 Å². The number of aryl methyl sites for hydroxylation is 1. The van der Waals surface area contributed by atoms with Gasteiger partial charge in [0.15, 0.2) is 5.82 Å².